The lowest BCUT2D eigenvalue weighted by molar-refractivity contribution is 0.831. The Bertz CT molecular complexity index is 550. The molecule has 0 aliphatic heterocycles. The summed E-state index contributed by atoms with van der Waals surface area (Å²) in [4.78, 5) is 11.7. The molecule has 0 spiro atoms. The van der Waals surface area contributed by atoms with Gasteiger partial charge in [0.15, 0.2) is 0 Å². The highest BCUT2D eigenvalue weighted by atomic mass is 32.1. The van der Waals surface area contributed by atoms with Gasteiger partial charge in [0.25, 0.3) is 0 Å². The number of thiophene rings is 1. The molecule has 2 heterocycles. The fourth-order valence-electron chi connectivity index (χ4n) is 1.98. The van der Waals surface area contributed by atoms with Crippen molar-refractivity contribution in [3.63, 3.8) is 0 Å². The molecule has 5 heteroatoms. The van der Waals surface area contributed by atoms with Crippen molar-refractivity contribution in [1.29, 1.82) is 0 Å². The zero-order valence-corrected chi connectivity index (χ0v) is 13.4. The summed E-state index contributed by atoms with van der Waals surface area (Å²) in [6.07, 6.45) is 4.47. The second kappa shape index (κ2) is 7.43. The molecule has 0 aromatic carbocycles. The number of hydrogen-bond acceptors (Lipinski definition) is 5. The van der Waals surface area contributed by atoms with Crippen molar-refractivity contribution in [2.45, 2.75) is 46.5 Å². The van der Waals surface area contributed by atoms with E-state index in [-0.39, 0.29) is 0 Å². The summed E-state index contributed by atoms with van der Waals surface area (Å²) in [6.45, 7) is 8.40. The zero-order valence-electron chi connectivity index (χ0n) is 12.6. The highest BCUT2D eigenvalue weighted by Crippen LogP contribution is 2.30. The van der Waals surface area contributed by atoms with Gasteiger partial charge in [-0.25, -0.2) is 4.98 Å². The van der Waals surface area contributed by atoms with E-state index in [4.69, 9.17) is 0 Å². The fraction of sp³-hybridized carbons (Fsp3) is 0.600. The minimum atomic E-state index is 0.739. The van der Waals surface area contributed by atoms with Crippen LogP contribution in [0.15, 0.2) is 6.07 Å². The number of anilines is 2. The largest absolute Gasteiger partial charge is 0.369 e. The van der Waals surface area contributed by atoms with Gasteiger partial charge in [0, 0.05) is 18.0 Å². The van der Waals surface area contributed by atoms with Gasteiger partial charge in [-0.1, -0.05) is 27.2 Å². The molecule has 2 N–H and O–H groups in total. The fourth-order valence-corrected chi connectivity index (χ4v) is 2.95. The molecule has 0 atom stereocenters. The lowest BCUT2D eigenvalue weighted by atomic mass is 10.3. The molecule has 2 aromatic rings. The Kier molecular flexibility index (Phi) is 5.59. The predicted octanol–water partition coefficient (Wildman–Crippen LogP) is 4.29. The number of aryl methyl sites for hydroxylation is 1. The minimum absolute atomic E-state index is 0.739. The molecular weight excluding hydrogens is 268 g/mol. The minimum Gasteiger partial charge on any atom is -0.369 e. The van der Waals surface area contributed by atoms with Gasteiger partial charge in [-0.2, -0.15) is 4.98 Å². The molecule has 2 rings (SSSR count). The van der Waals surface area contributed by atoms with Gasteiger partial charge in [-0.15, -0.1) is 11.3 Å². The summed E-state index contributed by atoms with van der Waals surface area (Å²) >= 11 is 1.77. The summed E-state index contributed by atoms with van der Waals surface area (Å²) in [6, 6.07) is 2.22. The average molecular weight is 292 g/mol. The van der Waals surface area contributed by atoms with Gasteiger partial charge in [-0.05, 0) is 25.3 Å². The zero-order chi connectivity index (χ0) is 14.4. The second-order valence-electron chi connectivity index (χ2n) is 4.89. The molecule has 0 fully saturated rings. The molecule has 2 aromatic heterocycles. The van der Waals surface area contributed by atoms with Crippen LogP contribution in [0.3, 0.4) is 0 Å². The number of fused-ring (bicyclic) bond motifs is 1. The van der Waals surface area contributed by atoms with Crippen molar-refractivity contribution in [3.05, 3.63) is 10.9 Å². The van der Waals surface area contributed by atoms with Crippen molar-refractivity contribution < 1.29 is 0 Å². The maximum Gasteiger partial charge on any atom is 0.226 e. The highest BCUT2D eigenvalue weighted by Gasteiger charge is 2.10. The number of hydrogen-bond donors (Lipinski definition) is 2. The molecular formula is C15H24N4S. The summed E-state index contributed by atoms with van der Waals surface area (Å²) < 4.78 is 0. The lowest BCUT2D eigenvalue weighted by Gasteiger charge is -2.09. The summed E-state index contributed by atoms with van der Waals surface area (Å²) in [5, 5.41) is 7.90. The normalized spacial score (nSPS) is 10.9. The van der Waals surface area contributed by atoms with Crippen LogP contribution in [-0.2, 0) is 6.42 Å². The number of unbranched alkanes of at least 4 members (excludes halogenated alkanes) is 1. The van der Waals surface area contributed by atoms with Crippen LogP contribution < -0.4 is 10.6 Å². The van der Waals surface area contributed by atoms with Crippen molar-refractivity contribution >= 4 is 33.3 Å². The summed E-state index contributed by atoms with van der Waals surface area (Å²) in [5.74, 6) is 1.71. The molecule has 0 aliphatic rings. The van der Waals surface area contributed by atoms with Crippen LogP contribution >= 0.6 is 11.3 Å². The standard InChI is InChI=1S/C15H24N4S/c1-4-7-9-16-13-12-10-11(6-3)20-14(12)19-15(18-13)17-8-5-2/h10H,4-9H2,1-3H3,(H2,16,17,18,19). The third-order valence-electron chi connectivity index (χ3n) is 3.15. The molecule has 0 radical (unpaired) electrons. The first kappa shape index (κ1) is 15.0. The van der Waals surface area contributed by atoms with Gasteiger partial charge in [0.2, 0.25) is 5.95 Å². The molecule has 0 saturated heterocycles. The number of nitrogens with one attached hydrogen (secondary N) is 2. The van der Waals surface area contributed by atoms with E-state index in [0.29, 0.717) is 0 Å². The Morgan fingerprint density at radius 2 is 1.90 bits per heavy atom. The number of nitrogens with zero attached hydrogens (tertiary/aromatic N) is 2. The van der Waals surface area contributed by atoms with E-state index in [0.717, 1.165) is 54.3 Å². The van der Waals surface area contributed by atoms with E-state index in [1.165, 1.54) is 11.3 Å². The third kappa shape index (κ3) is 3.60. The Morgan fingerprint density at radius 3 is 2.60 bits per heavy atom. The van der Waals surface area contributed by atoms with Gasteiger partial charge < -0.3 is 10.6 Å². The van der Waals surface area contributed by atoms with E-state index in [1.807, 2.05) is 0 Å². The van der Waals surface area contributed by atoms with Crippen LogP contribution in [-0.4, -0.2) is 23.1 Å². The molecule has 0 aliphatic carbocycles. The van der Waals surface area contributed by atoms with Crippen molar-refractivity contribution in [1.82, 2.24) is 9.97 Å². The van der Waals surface area contributed by atoms with Gasteiger partial charge in [-0.3, -0.25) is 0 Å². The smallest absolute Gasteiger partial charge is 0.226 e. The number of rotatable bonds is 8. The summed E-state index contributed by atoms with van der Waals surface area (Å²) in [5.41, 5.74) is 0. The first-order chi connectivity index (χ1) is 9.78. The first-order valence-corrected chi connectivity index (χ1v) is 8.38. The van der Waals surface area contributed by atoms with Crippen molar-refractivity contribution in [3.8, 4) is 0 Å². The molecule has 0 unspecified atom stereocenters. The van der Waals surface area contributed by atoms with Crippen LogP contribution in [0, 0.1) is 0 Å². The Labute approximate surface area is 125 Å². The molecule has 0 saturated carbocycles. The van der Waals surface area contributed by atoms with Gasteiger partial charge >= 0.3 is 0 Å². The van der Waals surface area contributed by atoms with E-state index in [1.54, 1.807) is 11.3 Å². The number of aromatic nitrogens is 2. The maximum absolute atomic E-state index is 4.63. The molecule has 110 valence electrons. The van der Waals surface area contributed by atoms with E-state index in [9.17, 15) is 0 Å². The van der Waals surface area contributed by atoms with Crippen molar-refractivity contribution in [2.75, 3.05) is 23.7 Å². The van der Waals surface area contributed by atoms with Crippen LogP contribution in [0.2, 0.25) is 0 Å². The van der Waals surface area contributed by atoms with Gasteiger partial charge in [0.1, 0.15) is 10.6 Å². The first-order valence-electron chi connectivity index (χ1n) is 7.56. The monoisotopic (exact) mass is 292 g/mol. The Hall–Kier alpha value is -1.36. The maximum atomic E-state index is 4.63. The second-order valence-corrected chi connectivity index (χ2v) is 6.00. The topological polar surface area (TPSA) is 49.8 Å². The van der Waals surface area contributed by atoms with Crippen LogP contribution in [0.25, 0.3) is 10.2 Å². The van der Waals surface area contributed by atoms with E-state index in [2.05, 4.69) is 47.4 Å². The molecule has 4 nitrogen and oxygen atoms in total. The lowest BCUT2D eigenvalue weighted by Crippen LogP contribution is -2.08. The highest BCUT2D eigenvalue weighted by molar-refractivity contribution is 7.18. The van der Waals surface area contributed by atoms with Crippen LogP contribution in [0.1, 0.15) is 44.9 Å². The predicted molar refractivity (Wildman–Crippen MR) is 89.0 cm³/mol. The third-order valence-corrected chi connectivity index (χ3v) is 4.32. The Morgan fingerprint density at radius 1 is 1.05 bits per heavy atom. The molecule has 20 heavy (non-hydrogen) atoms. The van der Waals surface area contributed by atoms with Crippen molar-refractivity contribution in [2.24, 2.45) is 0 Å². The van der Waals surface area contributed by atoms with Crippen LogP contribution in [0.5, 0.6) is 0 Å². The molecule has 0 bridgehead atoms. The van der Waals surface area contributed by atoms with E-state index < -0.39 is 0 Å². The summed E-state index contributed by atoms with van der Waals surface area (Å²) in [7, 11) is 0. The van der Waals surface area contributed by atoms with Gasteiger partial charge in [0.05, 0.1) is 5.39 Å². The SMILES string of the molecule is CCCCNc1nc(NCCC)nc2sc(CC)cc12. The van der Waals surface area contributed by atoms with Crippen LogP contribution in [0.4, 0.5) is 11.8 Å². The average Bonchev–Trinajstić information content (AvgIpc) is 2.88. The van der Waals surface area contributed by atoms with E-state index >= 15 is 0 Å². The quantitative estimate of drug-likeness (QED) is 0.713. The Balaban J connectivity index is 2.30. The molecule has 0 amide bonds.